The van der Waals surface area contributed by atoms with Gasteiger partial charge in [-0.1, -0.05) is 27.7 Å². The third-order valence-electron chi connectivity index (χ3n) is 2.85. The Balaban J connectivity index is 3.74. The van der Waals surface area contributed by atoms with Crippen LogP contribution in [0.25, 0.3) is 0 Å². The molecule has 0 rings (SSSR count). The summed E-state index contributed by atoms with van der Waals surface area (Å²) < 4.78 is 0. The predicted octanol–water partition coefficient (Wildman–Crippen LogP) is 3.17. The standard InChI is InChI=1S/C14H32N2/c1-12(10-15)8-7-9-16-14(5,6)11-13(2,3)4/h12,16H,7-11,15H2,1-6H3. The number of nitrogens with two attached hydrogens (primary N) is 1. The monoisotopic (exact) mass is 228 g/mol. The molecule has 0 aliphatic carbocycles. The molecule has 0 bridgehead atoms. The molecular weight excluding hydrogens is 196 g/mol. The predicted molar refractivity (Wildman–Crippen MR) is 73.6 cm³/mol. The van der Waals surface area contributed by atoms with Crippen molar-refractivity contribution in [3.63, 3.8) is 0 Å². The number of rotatable bonds is 7. The summed E-state index contributed by atoms with van der Waals surface area (Å²) in [5, 5.41) is 3.65. The van der Waals surface area contributed by atoms with Gasteiger partial charge in [-0.25, -0.2) is 0 Å². The zero-order valence-electron chi connectivity index (χ0n) is 12.2. The normalized spacial score (nSPS) is 15.2. The van der Waals surface area contributed by atoms with Crippen LogP contribution in [0.4, 0.5) is 0 Å². The summed E-state index contributed by atoms with van der Waals surface area (Å²) in [5.74, 6) is 0.660. The summed E-state index contributed by atoms with van der Waals surface area (Å²) in [6.07, 6.45) is 3.66. The topological polar surface area (TPSA) is 38.0 Å². The molecule has 2 heteroatoms. The third kappa shape index (κ3) is 9.17. The van der Waals surface area contributed by atoms with Gasteiger partial charge < -0.3 is 11.1 Å². The van der Waals surface area contributed by atoms with Gasteiger partial charge in [-0.05, 0) is 57.5 Å². The van der Waals surface area contributed by atoms with E-state index in [0.29, 0.717) is 11.3 Å². The van der Waals surface area contributed by atoms with E-state index < -0.39 is 0 Å². The van der Waals surface area contributed by atoms with Crippen molar-refractivity contribution in [1.82, 2.24) is 5.32 Å². The quantitative estimate of drug-likeness (QED) is 0.657. The van der Waals surface area contributed by atoms with E-state index in [-0.39, 0.29) is 5.54 Å². The molecule has 0 aliphatic rings. The van der Waals surface area contributed by atoms with Crippen molar-refractivity contribution in [3.8, 4) is 0 Å². The van der Waals surface area contributed by atoms with Gasteiger partial charge in [-0.2, -0.15) is 0 Å². The van der Waals surface area contributed by atoms with Crippen molar-refractivity contribution in [1.29, 1.82) is 0 Å². The highest BCUT2D eigenvalue weighted by molar-refractivity contribution is 4.83. The Kier molecular flexibility index (Phi) is 6.57. The first kappa shape index (κ1) is 15.9. The van der Waals surface area contributed by atoms with Gasteiger partial charge in [0.1, 0.15) is 0 Å². The SMILES string of the molecule is CC(CN)CCCNC(C)(C)CC(C)(C)C. The van der Waals surface area contributed by atoms with E-state index in [2.05, 4.69) is 46.9 Å². The fourth-order valence-corrected chi connectivity index (χ4v) is 2.38. The van der Waals surface area contributed by atoms with E-state index in [1.165, 1.54) is 19.3 Å². The first-order valence-corrected chi connectivity index (χ1v) is 6.61. The van der Waals surface area contributed by atoms with Crippen LogP contribution in [0.15, 0.2) is 0 Å². The average molecular weight is 228 g/mol. The van der Waals surface area contributed by atoms with Crippen LogP contribution in [0.2, 0.25) is 0 Å². The number of hydrogen-bond acceptors (Lipinski definition) is 2. The molecule has 0 saturated carbocycles. The van der Waals surface area contributed by atoms with Crippen molar-refractivity contribution >= 4 is 0 Å². The van der Waals surface area contributed by atoms with Crippen LogP contribution in [0.5, 0.6) is 0 Å². The minimum absolute atomic E-state index is 0.240. The van der Waals surface area contributed by atoms with Gasteiger partial charge in [0.15, 0.2) is 0 Å². The fraction of sp³-hybridized carbons (Fsp3) is 1.00. The maximum Gasteiger partial charge on any atom is 0.0130 e. The molecule has 0 heterocycles. The first-order valence-electron chi connectivity index (χ1n) is 6.61. The molecule has 0 radical (unpaired) electrons. The summed E-state index contributed by atoms with van der Waals surface area (Å²) in [6, 6.07) is 0. The molecule has 0 aliphatic heterocycles. The lowest BCUT2D eigenvalue weighted by molar-refractivity contribution is 0.240. The molecule has 1 atom stereocenters. The minimum Gasteiger partial charge on any atom is -0.330 e. The van der Waals surface area contributed by atoms with Crippen LogP contribution in [-0.4, -0.2) is 18.6 Å². The first-order chi connectivity index (χ1) is 7.16. The molecule has 0 aromatic carbocycles. The Hall–Kier alpha value is -0.0800. The highest BCUT2D eigenvalue weighted by atomic mass is 14.9. The van der Waals surface area contributed by atoms with Crippen molar-refractivity contribution in [2.75, 3.05) is 13.1 Å². The van der Waals surface area contributed by atoms with E-state index in [1.54, 1.807) is 0 Å². The van der Waals surface area contributed by atoms with Crippen LogP contribution in [0.3, 0.4) is 0 Å². The molecule has 98 valence electrons. The molecule has 0 aromatic heterocycles. The molecule has 0 aromatic rings. The summed E-state index contributed by atoms with van der Waals surface area (Å²) in [7, 11) is 0. The summed E-state index contributed by atoms with van der Waals surface area (Å²) >= 11 is 0. The van der Waals surface area contributed by atoms with Gasteiger partial charge in [0.05, 0.1) is 0 Å². The lowest BCUT2D eigenvalue weighted by atomic mass is 9.82. The molecule has 16 heavy (non-hydrogen) atoms. The Labute approximate surface area is 102 Å². The number of nitrogens with one attached hydrogen (secondary N) is 1. The largest absolute Gasteiger partial charge is 0.330 e. The third-order valence-corrected chi connectivity index (χ3v) is 2.85. The van der Waals surface area contributed by atoms with E-state index in [0.717, 1.165) is 13.1 Å². The van der Waals surface area contributed by atoms with Crippen LogP contribution >= 0.6 is 0 Å². The van der Waals surface area contributed by atoms with Crippen LogP contribution < -0.4 is 11.1 Å². The highest BCUT2D eigenvalue weighted by Gasteiger charge is 2.24. The Morgan fingerprint density at radius 1 is 1.12 bits per heavy atom. The average Bonchev–Trinajstić information content (AvgIpc) is 2.08. The zero-order chi connectivity index (χ0) is 12.8. The van der Waals surface area contributed by atoms with Crippen LogP contribution in [0.1, 0.15) is 60.8 Å². The fourth-order valence-electron chi connectivity index (χ4n) is 2.38. The van der Waals surface area contributed by atoms with Gasteiger partial charge in [0.25, 0.3) is 0 Å². The Morgan fingerprint density at radius 3 is 2.12 bits per heavy atom. The lowest BCUT2D eigenvalue weighted by Crippen LogP contribution is -2.42. The maximum absolute atomic E-state index is 5.60. The van der Waals surface area contributed by atoms with Crippen LogP contribution in [-0.2, 0) is 0 Å². The van der Waals surface area contributed by atoms with Crippen LogP contribution in [0, 0.1) is 11.3 Å². The second kappa shape index (κ2) is 6.61. The molecule has 0 saturated heterocycles. The molecule has 0 spiro atoms. The van der Waals surface area contributed by atoms with Crippen molar-refractivity contribution in [2.45, 2.75) is 66.3 Å². The smallest absolute Gasteiger partial charge is 0.0130 e. The van der Waals surface area contributed by atoms with E-state index >= 15 is 0 Å². The highest BCUT2D eigenvalue weighted by Crippen LogP contribution is 2.26. The molecule has 0 fully saturated rings. The lowest BCUT2D eigenvalue weighted by Gasteiger charge is -2.33. The summed E-state index contributed by atoms with van der Waals surface area (Å²) in [6.45, 7) is 15.6. The van der Waals surface area contributed by atoms with Crippen molar-refractivity contribution in [2.24, 2.45) is 17.1 Å². The second-order valence-electron chi connectivity index (χ2n) is 7.03. The molecule has 0 amide bonds. The molecular formula is C14H32N2. The van der Waals surface area contributed by atoms with E-state index in [9.17, 15) is 0 Å². The molecule has 3 N–H and O–H groups in total. The summed E-state index contributed by atoms with van der Waals surface area (Å²) in [4.78, 5) is 0. The van der Waals surface area contributed by atoms with Crippen molar-refractivity contribution < 1.29 is 0 Å². The molecule has 2 nitrogen and oxygen atoms in total. The van der Waals surface area contributed by atoms with Crippen molar-refractivity contribution in [3.05, 3.63) is 0 Å². The van der Waals surface area contributed by atoms with E-state index in [4.69, 9.17) is 5.73 Å². The Morgan fingerprint density at radius 2 is 1.69 bits per heavy atom. The zero-order valence-corrected chi connectivity index (χ0v) is 12.2. The maximum atomic E-state index is 5.60. The van der Waals surface area contributed by atoms with Gasteiger partial charge in [0.2, 0.25) is 0 Å². The summed E-state index contributed by atoms with van der Waals surface area (Å²) in [5.41, 5.74) is 6.23. The second-order valence-corrected chi connectivity index (χ2v) is 7.03. The van der Waals surface area contributed by atoms with E-state index in [1.807, 2.05) is 0 Å². The molecule has 1 unspecified atom stereocenters. The minimum atomic E-state index is 0.240. The van der Waals surface area contributed by atoms with Gasteiger partial charge in [0, 0.05) is 5.54 Å². The van der Waals surface area contributed by atoms with Gasteiger partial charge in [-0.3, -0.25) is 0 Å². The Bertz CT molecular complexity index is 180. The number of hydrogen-bond donors (Lipinski definition) is 2. The van der Waals surface area contributed by atoms with Gasteiger partial charge >= 0.3 is 0 Å². The van der Waals surface area contributed by atoms with Gasteiger partial charge in [-0.15, -0.1) is 0 Å².